The number of anilines is 2. The minimum absolute atomic E-state index is 0.0889. The van der Waals surface area contributed by atoms with E-state index in [0.29, 0.717) is 12.2 Å². The van der Waals surface area contributed by atoms with Gasteiger partial charge in [0, 0.05) is 24.8 Å². The Balaban J connectivity index is 1.71. The smallest absolute Gasteiger partial charge is 0.285 e. The first-order chi connectivity index (χ1) is 10.5. The minimum atomic E-state index is -0.433. The third kappa shape index (κ3) is 3.03. The van der Waals surface area contributed by atoms with Gasteiger partial charge in [0.2, 0.25) is 0 Å². The van der Waals surface area contributed by atoms with Crippen molar-refractivity contribution in [3.63, 3.8) is 0 Å². The SMILES string of the molecule is O=c1[nH]ncc(N[C@H]2CCN(c3ccc(Cl)c(F)c3)C2)c1Cl. The van der Waals surface area contributed by atoms with E-state index in [4.69, 9.17) is 23.2 Å². The quantitative estimate of drug-likeness (QED) is 0.900. The van der Waals surface area contributed by atoms with Gasteiger partial charge in [-0.15, -0.1) is 0 Å². The highest BCUT2D eigenvalue weighted by atomic mass is 35.5. The molecule has 1 atom stereocenters. The number of nitrogens with zero attached hydrogens (tertiary/aromatic N) is 2. The number of halogens is 3. The van der Waals surface area contributed by atoms with Crippen LogP contribution in [0.15, 0.2) is 29.2 Å². The summed E-state index contributed by atoms with van der Waals surface area (Å²) in [5.74, 6) is -0.433. The Morgan fingerprint density at radius 3 is 3.00 bits per heavy atom. The van der Waals surface area contributed by atoms with Crippen LogP contribution >= 0.6 is 23.2 Å². The van der Waals surface area contributed by atoms with Gasteiger partial charge in [-0.1, -0.05) is 23.2 Å². The lowest BCUT2D eigenvalue weighted by Crippen LogP contribution is -2.27. The van der Waals surface area contributed by atoms with E-state index in [1.54, 1.807) is 12.1 Å². The first-order valence-corrected chi connectivity index (χ1v) is 7.50. The molecule has 5 nitrogen and oxygen atoms in total. The maximum Gasteiger partial charge on any atom is 0.285 e. The third-order valence-electron chi connectivity index (χ3n) is 3.61. The topological polar surface area (TPSA) is 61.0 Å². The average molecular weight is 343 g/mol. The van der Waals surface area contributed by atoms with Crippen LogP contribution in [0.3, 0.4) is 0 Å². The molecule has 116 valence electrons. The Bertz CT molecular complexity index is 752. The summed E-state index contributed by atoms with van der Waals surface area (Å²) in [4.78, 5) is 13.5. The van der Waals surface area contributed by atoms with E-state index in [0.717, 1.165) is 18.7 Å². The second kappa shape index (κ2) is 6.14. The van der Waals surface area contributed by atoms with Crippen molar-refractivity contribution in [1.29, 1.82) is 0 Å². The van der Waals surface area contributed by atoms with Crippen LogP contribution in [-0.4, -0.2) is 29.3 Å². The van der Waals surface area contributed by atoms with Crippen molar-refractivity contribution in [2.24, 2.45) is 0 Å². The normalized spacial score (nSPS) is 17.8. The maximum absolute atomic E-state index is 13.5. The van der Waals surface area contributed by atoms with Gasteiger partial charge < -0.3 is 10.2 Å². The van der Waals surface area contributed by atoms with Crippen LogP contribution in [0.4, 0.5) is 15.8 Å². The Labute approximate surface area is 136 Å². The van der Waals surface area contributed by atoms with E-state index in [9.17, 15) is 9.18 Å². The predicted octanol–water partition coefficient (Wildman–Crippen LogP) is 2.91. The minimum Gasteiger partial charge on any atom is -0.378 e. The molecule has 0 amide bonds. The zero-order valence-electron chi connectivity index (χ0n) is 11.4. The van der Waals surface area contributed by atoms with E-state index < -0.39 is 11.4 Å². The molecule has 1 aromatic carbocycles. The molecule has 0 radical (unpaired) electrons. The molecule has 1 saturated heterocycles. The van der Waals surface area contributed by atoms with Gasteiger partial charge in [0.1, 0.15) is 10.8 Å². The van der Waals surface area contributed by atoms with Crippen LogP contribution in [0.1, 0.15) is 6.42 Å². The summed E-state index contributed by atoms with van der Waals surface area (Å²) in [5, 5.41) is 9.39. The summed E-state index contributed by atoms with van der Waals surface area (Å²) in [5.41, 5.74) is 0.849. The highest BCUT2D eigenvalue weighted by Gasteiger charge is 2.24. The molecule has 22 heavy (non-hydrogen) atoms. The fourth-order valence-electron chi connectivity index (χ4n) is 2.50. The number of hydrogen-bond acceptors (Lipinski definition) is 4. The molecular formula is C14H13Cl2FN4O. The van der Waals surface area contributed by atoms with Gasteiger partial charge in [0.05, 0.1) is 16.9 Å². The summed E-state index contributed by atoms with van der Waals surface area (Å²) in [6, 6.07) is 4.85. The van der Waals surface area contributed by atoms with Crippen LogP contribution in [0, 0.1) is 5.82 Å². The number of hydrogen-bond donors (Lipinski definition) is 2. The van der Waals surface area contributed by atoms with E-state index in [-0.39, 0.29) is 16.1 Å². The van der Waals surface area contributed by atoms with E-state index >= 15 is 0 Å². The summed E-state index contributed by atoms with van der Waals surface area (Å²) in [7, 11) is 0. The van der Waals surface area contributed by atoms with Gasteiger partial charge in [-0.25, -0.2) is 9.49 Å². The molecule has 0 saturated carbocycles. The lowest BCUT2D eigenvalue weighted by molar-refractivity contribution is 0.627. The molecule has 1 aliphatic rings. The zero-order chi connectivity index (χ0) is 15.7. The molecule has 0 spiro atoms. The monoisotopic (exact) mass is 342 g/mol. The summed E-state index contributed by atoms with van der Waals surface area (Å²) in [6.45, 7) is 1.44. The lowest BCUT2D eigenvalue weighted by Gasteiger charge is -2.20. The van der Waals surface area contributed by atoms with Gasteiger partial charge in [-0.3, -0.25) is 4.79 Å². The largest absolute Gasteiger partial charge is 0.378 e. The predicted molar refractivity (Wildman–Crippen MR) is 85.5 cm³/mol. The molecule has 2 aromatic rings. The summed E-state index contributed by atoms with van der Waals surface area (Å²) in [6.07, 6.45) is 2.32. The second-order valence-corrected chi connectivity index (χ2v) is 5.89. The molecule has 2 heterocycles. The van der Waals surface area contributed by atoms with Gasteiger partial charge in [0.25, 0.3) is 5.56 Å². The third-order valence-corrected chi connectivity index (χ3v) is 4.29. The van der Waals surface area contributed by atoms with Gasteiger partial charge in [-0.2, -0.15) is 5.10 Å². The van der Waals surface area contributed by atoms with Gasteiger partial charge >= 0.3 is 0 Å². The van der Waals surface area contributed by atoms with Crippen LogP contribution in [0.5, 0.6) is 0 Å². The Kier molecular flexibility index (Phi) is 4.22. The Morgan fingerprint density at radius 2 is 2.23 bits per heavy atom. The van der Waals surface area contributed by atoms with Crippen molar-refractivity contribution < 1.29 is 4.39 Å². The van der Waals surface area contributed by atoms with E-state index in [1.165, 1.54) is 12.3 Å². The molecule has 1 aliphatic heterocycles. The molecule has 0 bridgehead atoms. The van der Waals surface area contributed by atoms with Crippen molar-refractivity contribution >= 4 is 34.6 Å². The number of rotatable bonds is 3. The molecule has 3 rings (SSSR count). The maximum atomic E-state index is 13.5. The van der Waals surface area contributed by atoms with Crippen molar-refractivity contribution in [3.8, 4) is 0 Å². The number of aromatic nitrogens is 2. The fraction of sp³-hybridized carbons (Fsp3) is 0.286. The number of benzene rings is 1. The summed E-state index contributed by atoms with van der Waals surface area (Å²) >= 11 is 11.6. The lowest BCUT2D eigenvalue weighted by atomic mass is 10.2. The van der Waals surface area contributed by atoms with Crippen molar-refractivity contribution in [3.05, 3.63) is 50.6 Å². The average Bonchev–Trinajstić information content (AvgIpc) is 2.95. The fourth-order valence-corrected chi connectivity index (χ4v) is 2.76. The number of H-pyrrole nitrogens is 1. The van der Waals surface area contributed by atoms with Crippen molar-refractivity contribution in [1.82, 2.24) is 10.2 Å². The molecule has 1 aromatic heterocycles. The number of nitrogens with one attached hydrogen (secondary N) is 2. The highest BCUT2D eigenvalue weighted by Crippen LogP contribution is 2.26. The molecular weight excluding hydrogens is 330 g/mol. The van der Waals surface area contributed by atoms with E-state index in [1.807, 2.05) is 4.90 Å². The van der Waals surface area contributed by atoms with Crippen LogP contribution in [0.2, 0.25) is 10.0 Å². The van der Waals surface area contributed by atoms with Gasteiger partial charge in [-0.05, 0) is 24.6 Å². The van der Waals surface area contributed by atoms with Crippen LogP contribution < -0.4 is 15.8 Å². The van der Waals surface area contributed by atoms with Crippen LogP contribution in [0.25, 0.3) is 0 Å². The van der Waals surface area contributed by atoms with Crippen molar-refractivity contribution in [2.45, 2.75) is 12.5 Å². The standard InChI is InChI=1S/C14H13Cl2FN4O/c15-10-2-1-9(5-11(10)17)21-4-3-8(7-21)19-12-6-18-20-14(22)13(12)16/h1-2,5-6,8H,3-4,7H2,(H2,19,20,22)/t8-/m0/s1. The highest BCUT2D eigenvalue weighted by molar-refractivity contribution is 6.32. The van der Waals surface area contributed by atoms with Crippen molar-refractivity contribution in [2.75, 3.05) is 23.3 Å². The molecule has 8 heteroatoms. The molecule has 0 aliphatic carbocycles. The molecule has 2 N–H and O–H groups in total. The Morgan fingerprint density at radius 1 is 1.41 bits per heavy atom. The first-order valence-electron chi connectivity index (χ1n) is 6.74. The zero-order valence-corrected chi connectivity index (χ0v) is 13.0. The Hall–Kier alpha value is -1.79. The summed E-state index contributed by atoms with van der Waals surface area (Å²) < 4.78 is 13.5. The van der Waals surface area contributed by atoms with Gasteiger partial charge in [0.15, 0.2) is 0 Å². The molecule has 1 fully saturated rings. The van der Waals surface area contributed by atoms with E-state index in [2.05, 4.69) is 15.5 Å². The number of aromatic amines is 1. The molecule has 0 unspecified atom stereocenters. The first kappa shape index (κ1) is 15.1. The second-order valence-electron chi connectivity index (χ2n) is 5.10. The van der Waals surface area contributed by atoms with Crippen LogP contribution in [-0.2, 0) is 0 Å².